The number of nitrogens with two attached hydrogens (primary N) is 1. The number of aromatic nitrogens is 2. The molecule has 0 aromatic carbocycles. The van der Waals surface area contributed by atoms with Crippen LogP contribution in [-0.4, -0.2) is 28.2 Å². The third-order valence-corrected chi connectivity index (χ3v) is 2.01. The second-order valence-electron chi connectivity index (χ2n) is 4.27. The summed E-state index contributed by atoms with van der Waals surface area (Å²) in [6.07, 6.45) is 1.79. The predicted molar refractivity (Wildman–Crippen MR) is 57.0 cm³/mol. The van der Waals surface area contributed by atoms with Crippen LogP contribution in [0.25, 0.3) is 0 Å². The standard InChI is InChI=1S/C10H17N3O2/c1-10(2,11)5-7(14)9-8(15-4)6-12-13(9)3/h6H,5,11H2,1-4H3. The Morgan fingerprint density at radius 1 is 1.67 bits per heavy atom. The molecule has 0 saturated heterocycles. The van der Waals surface area contributed by atoms with Crippen LogP contribution in [0, 0.1) is 0 Å². The molecule has 2 N–H and O–H groups in total. The number of rotatable bonds is 4. The van der Waals surface area contributed by atoms with Gasteiger partial charge in [-0.3, -0.25) is 9.48 Å². The van der Waals surface area contributed by atoms with Gasteiger partial charge in [-0.1, -0.05) is 0 Å². The fourth-order valence-electron chi connectivity index (χ4n) is 1.38. The fraction of sp³-hybridized carbons (Fsp3) is 0.600. The molecule has 0 unspecified atom stereocenters. The highest BCUT2D eigenvalue weighted by molar-refractivity contribution is 5.97. The highest BCUT2D eigenvalue weighted by atomic mass is 16.5. The lowest BCUT2D eigenvalue weighted by molar-refractivity contribution is 0.0948. The number of hydrogen-bond donors (Lipinski definition) is 1. The first-order chi connectivity index (χ1) is 6.85. The number of carbonyl (C=O) groups excluding carboxylic acids is 1. The lowest BCUT2D eigenvalue weighted by atomic mass is 9.97. The van der Waals surface area contributed by atoms with Crippen molar-refractivity contribution in [2.45, 2.75) is 25.8 Å². The van der Waals surface area contributed by atoms with Gasteiger partial charge in [-0.25, -0.2) is 0 Å². The van der Waals surface area contributed by atoms with Crippen LogP contribution >= 0.6 is 0 Å². The normalized spacial score (nSPS) is 11.5. The fourth-order valence-corrected chi connectivity index (χ4v) is 1.38. The van der Waals surface area contributed by atoms with Crippen LogP contribution in [0.1, 0.15) is 30.8 Å². The van der Waals surface area contributed by atoms with Gasteiger partial charge in [0.15, 0.2) is 11.5 Å². The summed E-state index contributed by atoms with van der Waals surface area (Å²) < 4.78 is 6.56. The number of methoxy groups -OCH3 is 1. The molecule has 0 aliphatic heterocycles. The van der Waals surface area contributed by atoms with Crippen molar-refractivity contribution in [1.29, 1.82) is 0 Å². The Morgan fingerprint density at radius 2 is 2.27 bits per heavy atom. The highest BCUT2D eigenvalue weighted by Gasteiger charge is 2.23. The minimum absolute atomic E-state index is 0.0562. The van der Waals surface area contributed by atoms with Gasteiger partial charge in [-0.15, -0.1) is 0 Å². The molecule has 0 atom stereocenters. The maximum atomic E-state index is 11.9. The topological polar surface area (TPSA) is 70.1 Å². The second kappa shape index (κ2) is 4.02. The van der Waals surface area contributed by atoms with Gasteiger partial charge in [-0.05, 0) is 13.8 Å². The monoisotopic (exact) mass is 211 g/mol. The third-order valence-electron chi connectivity index (χ3n) is 2.01. The molecule has 84 valence electrons. The van der Waals surface area contributed by atoms with E-state index in [2.05, 4.69) is 5.10 Å². The first-order valence-corrected chi connectivity index (χ1v) is 4.73. The average Bonchev–Trinajstić information content (AvgIpc) is 2.43. The number of carbonyl (C=O) groups is 1. The molecule has 1 rings (SSSR count). The third kappa shape index (κ3) is 2.79. The van der Waals surface area contributed by atoms with Crippen LogP contribution in [0.3, 0.4) is 0 Å². The molecule has 0 amide bonds. The Labute approximate surface area is 89.2 Å². The van der Waals surface area contributed by atoms with Crippen LogP contribution in [-0.2, 0) is 7.05 Å². The predicted octanol–water partition coefficient (Wildman–Crippen LogP) is 0.739. The number of nitrogens with zero attached hydrogens (tertiary/aromatic N) is 2. The summed E-state index contributed by atoms with van der Waals surface area (Å²) in [6.45, 7) is 3.63. The lowest BCUT2D eigenvalue weighted by Gasteiger charge is -2.17. The number of aryl methyl sites for hydroxylation is 1. The Hall–Kier alpha value is -1.36. The highest BCUT2D eigenvalue weighted by Crippen LogP contribution is 2.20. The first kappa shape index (κ1) is 11.7. The van der Waals surface area contributed by atoms with E-state index in [1.165, 1.54) is 18.0 Å². The number of ether oxygens (including phenoxy) is 1. The maximum Gasteiger partial charge on any atom is 0.186 e. The smallest absolute Gasteiger partial charge is 0.186 e. The Bertz CT molecular complexity index is 363. The van der Waals surface area contributed by atoms with Gasteiger partial charge in [0, 0.05) is 19.0 Å². The van der Waals surface area contributed by atoms with Crippen molar-refractivity contribution in [3.63, 3.8) is 0 Å². The first-order valence-electron chi connectivity index (χ1n) is 4.73. The van der Waals surface area contributed by atoms with Crippen molar-refractivity contribution in [1.82, 2.24) is 9.78 Å². The number of Topliss-reactive ketones (excluding diaryl/α,β-unsaturated/α-hetero) is 1. The summed E-state index contributed by atoms with van der Waals surface area (Å²) in [6, 6.07) is 0. The molecule has 0 aliphatic carbocycles. The quantitative estimate of drug-likeness (QED) is 0.746. The molecule has 1 aromatic heterocycles. The van der Waals surface area contributed by atoms with Crippen LogP contribution in [0.15, 0.2) is 6.20 Å². The maximum absolute atomic E-state index is 11.9. The zero-order valence-corrected chi connectivity index (χ0v) is 9.57. The van der Waals surface area contributed by atoms with Gasteiger partial charge >= 0.3 is 0 Å². The van der Waals surface area contributed by atoms with Gasteiger partial charge in [-0.2, -0.15) is 5.10 Å². The molecule has 0 saturated carbocycles. The zero-order valence-electron chi connectivity index (χ0n) is 9.57. The van der Waals surface area contributed by atoms with Gasteiger partial charge in [0.1, 0.15) is 5.69 Å². The van der Waals surface area contributed by atoms with E-state index in [4.69, 9.17) is 10.5 Å². The summed E-state index contributed by atoms with van der Waals surface area (Å²) in [5, 5.41) is 3.97. The molecule has 0 fully saturated rings. The van der Waals surface area contributed by atoms with E-state index >= 15 is 0 Å². The van der Waals surface area contributed by atoms with Gasteiger partial charge in [0.2, 0.25) is 0 Å². The summed E-state index contributed by atoms with van der Waals surface area (Å²) in [5.74, 6) is 0.436. The Balaban J connectivity index is 2.95. The van der Waals surface area contributed by atoms with Crippen molar-refractivity contribution in [2.24, 2.45) is 12.8 Å². The van der Waals surface area contributed by atoms with Crippen molar-refractivity contribution in [2.75, 3.05) is 7.11 Å². The lowest BCUT2D eigenvalue weighted by Crippen LogP contribution is -2.35. The molecule has 0 radical (unpaired) electrons. The minimum Gasteiger partial charge on any atom is -0.493 e. The van der Waals surface area contributed by atoms with Crippen molar-refractivity contribution < 1.29 is 9.53 Å². The van der Waals surface area contributed by atoms with E-state index in [0.717, 1.165) is 0 Å². The number of hydrogen-bond acceptors (Lipinski definition) is 4. The van der Waals surface area contributed by atoms with Crippen LogP contribution in [0.2, 0.25) is 0 Å². The molecular weight excluding hydrogens is 194 g/mol. The Morgan fingerprint density at radius 3 is 2.73 bits per heavy atom. The average molecular weight is 211 g/mol. The van der Waals surface area contributed by atoms with Crippen molar-refractivity contribution in [3.05, 3.63) is 11.9 Å². The van der Waals surface area contributed by atoms with E-state index in [0.29, 0.717) is 11.4 Å². The van der Waals surface area contributed by atoms with E-state index in [-0.39, 0.29) is 12.2 Å². The van der Waals surface area contributed by atoms with E-state index < -0.39 is 5.54 Å². The largest absolute Gasteiger partial charge is 0.493 e. The molecule has 1 aromatic rings. The molecule has 0 bridgehead atoms. The Kier molecular flexibility index (Phi) is 3.14. The van der Waals surface area contributed by atoms with Crippen LogP contribution in [0.4, 0.5) is 0 Å². The van der Waals surface area contributed by atoms with E-state index in [1.807, 2.05) is 13.8 Å². The molecule has 1 heterocycles. The van der Waals surface area contributed by atoms with Gasteiger partial charge in [0.25, 0.3) is 0 Å². The summed E-state index contributed by atoms with van der Waals surface area (Å²) in [5.41, 5.74) is 5.74. The minimum atomic E-state index is -0.521. The summed E-state index contributed by atoms with van der Waals surface area (Å²) in [4.78, 5) is 11.9. The summed E-state index contributed by atoms with van der Waals surface area (Å²) in [7, 11) is 3.22. The van der Waals surface area contributed by atoms with Crippen LogP contribution < -0.4 is 10.5 Å². The molecule has 15 heavy (non-hydrogen) atoms. The molecule has 0 spiro atoms. The molecule has 0 aliphatic rings. The number of ketones is 1. The van der Waals surface area contributed by atoms with Gasteiger partial charge < -0.3 is 10.5 Å². The SMILES string of the molecule is COc1cnn(C)c1C(=O)CC(C)(C)N. The van der Waals surface area contributed by atoms with E-state index in [1.54, 1.807) is 7.05 Å². The molecule has 5 heteroatoms. The van der Waals surface area contributed by atoms with Crippen LogP contribution in [0.5, 0.6) is 5.75 Å². The summed E-state index contributed by atoms with van der Waals surface area (Å²) >= 11 is 0. The zero-order chi connectivity index (χ0) is 11.6. The second-order valence-corrected chi connectivity index (χ2v) is 4.27. The van der Waals surface area contributed by atoms with Gasteiger partial charge in [0.05, 0.1) is 13.3 Å². The van der Waals surface area contributed by atoms with Crippen molar-refractivity contribution in [3.8, 4) is 5.75 Å². The van der Waals surface area contributed by atoms with E-state index in [9.17, 15) is 4.79 Å². The molecular formula is C10H17N3O2. The molecule has 5 nitrogen and oxygen atoms in total. The van der Waals surface area contributed by atoms with Crippen molar-refractivity contribution >= 4 is 5.78 Å².